The van der Waals surface area contributed by atoms with Crippen molar-refractivity contribution in [1.82, 2.24) is 9.80 Å². The molecule has 1 aliphatic heterocycles. The Kier molecular flexibility index (Phi) is 6.85. The van der Waals surface area contributed by atoms with Gasteiger partial charge in [0, 0.05) is 20.1 Å². The van der Waals surface area contributed by atoms with Gasteiger partial charge in [-0.2, -0.15) is 0 Å². The van der Waals surface area contributed by atoms with Crippen LogP contribution in [0.4, 0.5) is 0 Å². The minimum absolute atomic E-state index is 0. The lowest BCUT2D eigenvalue weighted by atomic mass is 9.90. The van der Waals surface area contributed by atoms with Gasteiger partial charge in [-0.05, 0) is 46.4 Å². The first-order chi connectivity index (χ1) is 9.84. The van der Waals surface area contributed by atoms with Crippen LogP contribution in [0.5, 0.6) is 0 Å². The molecule has 22 heavy (non-hydrogen) atoms. The van der Waals surface area contributed by atoms with Crippen LogP contribution in [0.1, 0.15) is 23.0 Å². The van der Waals surface area contributed by atoms with Crippen molar-refractivity contribution in [2.75, 3.05) is 33.2 Å². The van der Waals surface area contributed by atoms with Crippen LogP contribution in [0.15, 0.2) is 15.9 Å². The summed E-state index contributed by atoms with van der Waals surface area (Å²) in [6.45, 7) is 4.18. The van der Waals surface area contributed by atoms with E-state index in [9.17, 15) is 9.59 Å². The van der Waals surface area contributed by atoms with E-state index in [-0.39, 0.29) is 36.2 Å². The first-order valence-electron chi connectivity index (χ1n) is 6.83. The minimum Gasteiger partial charge on any atom is -0.341 e. The van der Waals surface area contributed by atoms with E-state index in [1.807, 2.05) is 6.07 Å². The van der Waals surface area contributed by atoms with Crippen molar-refractivity contribution in [2.45, 2.75) is 13.3 Å². The van der Waals surface area contributed by atoms with Gasteiger partial charge in [0.05, 0.1) is 15.2 Å². The monoisotopic (exact) mass is 409 g/mol. The third-order valence-corrected chi connectivity index (χ3v) is 5.52. The summed E-state index contributed by atoms with van der Waals surface area (Å²) in [6, 6.07) is 3.60. The number of hydrogen-bond donors (Lipinski definition) is 1. The average Bonchev–Trinajstić information content (AvgIpc) is 3.05. The van der Waals surface area contributed by atoms with Crippen molar-refractivity contribution >= 4 is 51.5 Å². The Labute approximate surface area is 149 Å². The number of likely N-dealkylation sites (N-methyl/N-ethyl adjacent to an activating group) is 1. The van der Waals surface area contributed by atoms with Crippen molar-refractivity contribution in [1.29, 1.82) is 0 Å². The number of thiophene rings is 1. The lowest BCUT2D eigenvalue weighted by molar-refractivity contribution is -0.131. The summed E-state index contributed by atoms with van der Waals surface area (Å²) < 4.78 is 0.906. The van der Waals surface area contributed by atoms with Gasteiger partial charge in [0.1, 0.15) is 0 Å². The number of likely N-dealkylation sites (tertiary alicyclic amines) is 1. The molecule has 8 heteroatoms. The third kappa shape index (κ3) is 4.44. The van der Waals surface area contributed by atoms with Gasteiger partial charge >= 0.3 is 0 Å². The van der Waals surface area contributed by atoms with E-state index in [1.54, 1.807) is 18.0 Å². The average molecular weight is 411 g/mol. The first-order valence-corrected chi connectivity index (χ1v) is 8.44. The van der Waals surface area contributed by atoms with Gasteiger partial charge < -0.3 is 15.5 Å². The lowest BCUT2D eigenvalue weighted by Gasteiger charge is -2.24. The molecule has 0 saturated carbocycles. The summed E-state index contributed by atoms with van der Waals surface area (Å²) in [5, 5.41) is 0. The molecule has 1 aliphatic rings. The molecule has 1 saturated heterocycles. The van der Waals surface area contributed by atoms with Gasteiger partial charge in [0.15, 0.2) is 0 Å². The maximum atomic E-state index is 12.3. The molecule has 1 aromatic rings. The molecule has 0 spiro atoms. The normalized spacial score (nSPS) is 20.6. The molecule has 2 N–H and O–H groups in total. The van der Waals surface area contributed by atoms with E-state index in [0.29, 0.717) is 18.0 Å². The van der Waals surface area contributed by atoms with Gasteiger partial charge in [0.25, 0.3) is 5.91 Å². The van der Waals surface area contributed by atoms with Gasteiger partial charge in [0.2, 0.25) is 5.91 Å². The van der Waals surface area contributed by atoms with E-state index in [1.165, 1.54) is 16.2 Å². The molecule has 0 aliphatic carbocycles. The maximum absolute atomic E-state index is 12.3. The summed E-state index contributed by atoms with van der Waals surface area (Å²) in [5.74, 6) is -0.140. The van der Waals surface area contributed by atoms with Crippen LogP contribution in [0.25, 0.3) is 0 Å². The molecule has 1 unspecified atom stereocenters. The fourth-order valence-electron chi connectivity index (χ4n) is 2.40. The Morgan fingerprint density at radius 1 is 1.50 bits per heavy atom. The number of nitrogens with two attached hydrogens (primary N) is 1. The topological polar surface area (TPSA) is 66.6 Å². The zero-order chi connectivity index (χ0) is 15.6. The van der Waals surface area contributed by atoms with Crippen molar-refractivity contribution in [3.05, 3.63) is 20.8 Å². The van der Waals surface area contributed by atoms with Crippen molar-refractivity contribution in [3.63, 3.8) is 0 Å². The highest BCUT2D eigenvalue weighted by molar-refractivity contribution is 9.11. The summed E-state index contributed by atoms with van der Waals surface area (Å²) in [6.07, 6.45) is 0.921. The molecular weight excluding hydrogens is 390 g/mol. The second-order valence-corrected chi connectivity index (χ2v) is 8.31. The van der Waals surface area contributed by atoms with Crippen LogP contribution >= 0.6 is 39.7 Å². The number of halogens is 2. The molecule has 1 aromatic heterocycles. The lowest BCUT2D eigenvalue weighted by Crippen LogP contribution is -2.41. The molecule has 0 radical (unpaired) electrons. The number of hydrogen-bond acceptors (Lipinski definition) is 4. The zero-order valence-corrected chi connectivity index (χ0v) is 15.9. The number of carbonyl (C=O) groups is 2. The van der Waals surface area contributed by atoms with Crippen LogP contribution in [0.3, 0.4) is 0 Å². The van der Waals surface area contributed by atoms with E-state index in [4.69, 9.17) is 5.73 Å². The maximum Gasteiger partial charge on any atom is 0.264 e. The summed E-state index contributed by atoms with van der Waals surface area (Å²) in [4.78, 5) is 28.4. The van der Waals surface area contributed by atoms with E-state index >= 15 is 0 Å². The molecule has 124 valence electrons. The summed E-state index contributed by atoms with van der Waals surface area (Å²) >= 11 is 4.71. The smallest absolute Gasteiger partial charge is 0.264 e. The second-order valence-electron chi connectivity index (χ2n) is 5.85. The standard InChI is InChI=1S/C14H20BrN3O2S.ClH/c1-14(8-16)5-6-18(9-14)12(19)7-17(2)13(20)10-3-4-11(15)21-10;/h3-4H,5-9,16H2,1-2H3;1H. The number of amides is 2. The summed E-state index contributed by atoms with van der Waals surface area (Å²) in [7, 11) is 1.66. The molecule has 2 amide bonds. The fourth-order valence-corrected chi connectivity index (χ4v) is 3.78. The quantitative estimate of drug-likeness (QED) is 0.827. The SMILES string of the molecule is CN(CC(=O)N1CCC(C)(CN)C1)C(=O)c1ccc(Br)s1.Cl. The highest BCUT2D eigenvalue weighted by atomic mass is 79.9. The van der Waals surface area contributed by atoms with E-state index < -0.39 is 0 Å². The Morgan fingerprint density at radius 3 is 2.68 bits per heavy atom. The highest BCUT2D eigenvalue weighted by Gasteiger charge is 2.35. The zero-order valence-electron chi connectivity index (χ0n) is 12.7. The second kappa shape index (κ2) is 7.77. The molecule has 1 fully saturated rings. The van der Waals surface area contributed by atoms with Crippen molar-refractivity contribution in [3.8, 4) is 0 Å². The van der Waals surface area contributed by atoms with Crippen LogP contribution in [0, 0.1) is 5.41 Å². The Hall–Kier alpha value is -0.630. The molecule has 2 heterocycles. The largest absolute Gasteiger partial charge is 0.341 e. The van der Waals surface area contributed by atoms with E-state index in [0.717, 1.165) is 16.8 Å². The summed E-state index contributed by atoms with van der Waals surface area (Å²) in [5.41, 5.74) is 5.76. The molecule has 0 aromatic carbocycles. The van der Waals surface area contributed by atoms with Gasteiger partial charge in [-0.3, -0.25) is 9.59 Å². The first kappa shape index (κ1) is 19.4. The van der Waals surface area contributed by atoms with Crippen molar-refractivity contribution in [2.24, 2.45) is 11.1 Å². The molecule has 2 rings (SSSR count). The van der Waals surface area contributed by atoms with Crippen LogP contribution in [0.2, 0.25) is 0 Å². The van der Waals surface area contributed by atoms with Crippen molar-refractivity contribution < 1.29 is 9.59 Å². The number of carbonyl (C=O) groups excluding carboxylic acids is 2. The molecule has 5 nitrogen and oxygen atoms in total. The Balaban J connectivity index is 0.00000242. The molecular formula is C14H21BrClN3O2S. The van der Waals surface area contributed by atoms with Gasteiger partial charge in [-0.15, -0.1) is 23.7 Å². The number of nitrogens with zero attached hydrogens (tertiary/aromatic N) is 2. The Bertz CT molecular complexity index is 554. The molecule has 1 atom stereocenters. The minimum atomic E-state index is -0.125. The van der Waals surface area contributed by atoms with Crippen LogP contribution < -0.4 is 5.73 Å². The van der Waals surface area contributed by atoms with Gasteiger partial charge in [-0.1, -0.05) is 6.92 Å². The van der Waals surface area contributed by atoms with E-state index in [2.05, 4.69) is 22.9 Å². The van der Waals surface area contributed by atoms with Crippen LogP contribution in [-0.4, -0.2) is 54.8 Å². The molecule has 0 bridgehead atoms. The fraction of sp³-hybridized carbons (Fsp3) is 0.571. The number of rotatable bonds is 4. The highest BCUT2D eigenvalue weighted by Crippen LogP contribution is 2.28. The predicted octanol–water partition coefficient (Wildman–Crippen LogP) is 2.20. The Morgan fingerprint density at radius 2 is 2.18 bits per heavy atom. The van der Waals surface area contributed by atoms with Gasteiger partial charge in [-0.25, -0.2) is 0 Å². The van der Waals surface area contributed by atoms with Crippen LogP contribution in [-0.2, 0) is 4.79 Å². The predicted molar refractivity (Wildman–Crippen MR) is 94.6 cm³/mol. The third-order valence-electron chi connectivity index (χ3n) is 3.91.